The standard InChI is InChI=1S/C8H14N4O/c1-2-10-8(13)6-9-5-7-3-4-11-12-7/h3-4,9H,2,5-6H2,1H3,(H,10,13)(H,11,12). The van der Waals surface area contributed by atoms with E-state index in [1.165, 1.54) is 0 Å². The Balaban J connectivity index is 2.11. The number of aromatic nitrogens is 2. The van der Waals surface area contributed by atoms with E-state index in [4.69, 9.17) is 0 Å². The fourth-order valence-electron chi connectivity index (χ4n) is 0.954. The maximum absolute atomic E-state index is 11.0. The van der Waals surface area contributed by atoms with Crippen LogP contribution in [0.1, 0.15) is 12.6 Å². The predicted molar refractivity (Wildman–Crippen MR) is 49.0 cm³/mol. The van der Waals surface area contributed by atoms with Gasteiger partial charge in [0.15, 0.2) is 0 Å². The molecule has 0 spiro atoms. The number of likely N-dealkylation sites (N-methyl/N-ethyl adjacent to an activating group) is 1. The molecule has 1 amide bonds. The van der Waals surface area contributed by atoms with Gasteiger partial charge in [0.05, 0.1) is 6.54 Å². The molecular formula is C8H14N4O. The molecule has 5 heteroatoms. The maximum atomic E-state index is 11.0. The molecule has 5 nitrogen and oxygen atoms in total. The van der Waals surface area contributed by atoms with Crippen LogP contribution in [0.3, 0.4) is 0 Å². The van der Waals surface area contributed by atoms with Gasteiger partial charge in [-0.15, -0.1) is 0 Å². The van der Waals surface area contributed by atoms with Crippen LogP contribution < -0.4 is 10.6 Å². The minimum absolute atomic E-state index is 0.0158. The Morgan fingerprint density at radius 1 is 1.69 bits per heavy atom. The summed E-state index contributed by atoms with van der Waals surface area (Å²) in [5.41, 5.74) is 0.976. The smallest absolute Gasteiger partial charge is 0.233 e. The van der Waals surface area contributed by atoms with Gasteiger partial charge < -0.3 is 10.6 Å². The van der Waals surface area contributed by atoms with Crippen LogP contribution in [0.25, 0.3) is 0 Å². The molecule has 13 heavy (non-hydrogen) atoms. The van der Waals surface area contributed by atoms with E-state index in [0.29, 0.717) is 19.6 Å². The molecule has 1 rings (SSSR count). The van der Waals surface area contributed by atoms with Gasteiger partial charge in [-0.2, -0.15) is 5.10 Å². The van der Waals surface area contributed by atoms with Crippen LogP contribution in [-0.2, 0) is 11.3 Å². The van der Waals surface area contributed by atoms with E-state index in [9.17, 15) is 4.79 Å². The van der Waals surface area contributed by atoms with Crippen molar-refractivity contribution in [1.82, 2.24) is 20.8 Å². The topological polar surface area (TPSA) is 69.8 Å². The lowest BCUT2D eigenvalue weighted by Crippen LogP contribution is -2.33. The van der Waals surface area contributed by atoms with Crippen molar-refractivity contribution in [1.29, 1.82) is 0 Å². The SMILES string of the molecule is CCNC(=O)CNCc1ccn[nH]1. The summed E-state index contributed by atoms with van der Waals surface area (Å²) in [4.78, 5) is 11.0. The highest BCUT2D eigenvalue weighted by molar-refractivity contribution is 5.77. The number of carbonyl (C=O) groups excluding carboxylic acids is 1. The molecule has 0 radical (unpaired) electrons. The van der Waals surface area contributed by atoms with Crippen molar-refractivity contribution in [2.45, 2.75) is 13.5 Å². The average molecular weight is 182 g/mol. The first-order chi connectivity index (χ1) is 6.33. The molecule has 0 bridgehead atoms. The van der Waals surface area contributed by atoms with Crippen LogP contribution >= 0.6 is 0 Å². The molecular weight excluding hydrogens is 168 g/mol. The van der Waals surface area contributed by atoms with Gasteiger partial charge in [0.2, 0.25) is 5.91 Å². The first-order valence-corrected chi connectivity index (χ1v) is 4.28. The number of nitrogens with zero attached hydrogens (tertiary/aromatic N) is 1. The first-order valence-electron chi connectivity index (χ1n) is 4.28. The molecule has 1 aromatic heterocycles. The molecule has 3 N–H and O–H groups in total. The van der Waals surface area contributed by atoms with Crippen LogP contribution in [-0.4, -0.2) is 29.2 Å². The van der Waals surface area contributed by atoms with E-state index in [2.05, 4.69) is 20.8 Å². The number of amides is 1. The molecule has 0 saturated heterocycles. The maximum Gasteiger partial charge on any atom is 0.233 e. The minimum Gasteiger partial charge on any atom is -0.355 e. The third-order valence-electron chi connectivity index (χ3n) is 1.53. The molecule has 0 aliphatic rings. The second kappa shape index (κ2) is 5.31. The van der Waals surface area contributed by atoms with Crippen LogP contribution in [0.2, 0.25) is 0 Å². The van der Waals surface area contributed by atoms with E-state index in [0.717, 1.165) is 5.69 Å². The van der Waals surface area contributed by atoms with Crippen molar-refractivity contribution in [2.75, 3.05) is 13.1 Å². The van der Waals surface area contributed by atoms with Gasteiger partial charge in [-0.1, -0.05) is 0 Å². The number of H-pyrrole nitrogens is 1. The van der Waals surface area contributed by atoms with E-state index < -0.39 is 0 Å². The zero-order valence-electron chi connectivity index (χ0n) is 7.63. The van der Waals surface area contributed by atoms with E-state index >= 15 is 0 Å². The van der Waals surface area contributed by atoms with Crippen molar-refractivity contribution in [3.8, 4) is 0 Å². The van der Waals surface area contributed by atoms with E-state index in [-0.39, 0.29) is 5.91 Å². The highest BCUT2D eigenvalue weighted by Crippen LogP contribution is 1.88. The Morgan fingerprint density at radius 3 is 3.15 bits per heavy atom. The Hall–Kier alpha value is -1.36. The third kappa shape index (κ3) is 3.71. The van der Waals surface area contributed by atoms with Crippen molar-refractivity contribution in [3.05, 3.63) is 18.0 Å². The van der Waals surface area contributed by atoms with E-state index in [1.54, 1.807) is 6.20 Å². The summed E-state index contributed by atoms with van der Waals surface area (Å²) in [6.07, 6.45) is 1.68. The van der Waals surface area contributed by atoms with Gasteiger partial charge >= 0.3 is 0 Å². The number of carbonyl (C=O) groups is 1. The summed E-state index contributed by atoms with van der Waals surface area (Å²) in [5.74, 6) is 0.0158. The second-order valence-electron chi connectivity index (χ2n) is 2.64. The summed E-state index contributed by atoms with van der Waals surface area (Å²) < 4.78 is 0. The number of aromatic amines is 1. The summed E-state index contributed by atoms with van der Waals surface area (Å²) in [6, 6.07) is 1.87. The van der Waals surface area contributed by atoms with Gasteiger partial charge in [-0.05, 0) is 13.0 Å². The lowest BCUT2D eigenvalue weighted by molar-refractivity contribution is -0.120. The molecule has 0 aromatic carbocycles. The van der Waals surface area contributed by atoms with E-state index in [1.807, 2.05) is 13.0 Å². The Morgan fingerprint density at radius 2 is 2.54 bits per heavy atom. The highest BCUT2D eigenvalue weighted by Gasteiger charge is 1.98. The van der Waals surface area contributed by atoms with Gasteiger partial charge in [0.25, 0.3) is 0 Å². The van der Waals surface area contributed by atoms with Crippen LogP contribution in [0.5, 0.6) is 0 Å². The quantitative estimate of drug-likeness (QED) is 0.582. The predicted octanol–water partition coefficient (Wildman–Crippen LogP) is -0.365. The van der Waals surface area contributed by atoms with Crippen LogP contribution in [0.15, 0.2) is 12.3 Å². The minimum atomic E-state index is 0.0158. The van der Waals surface area contributed by atoms with Crippen LogP contribution in [0, 0.1) is 0 Å². The van der Waals surface area contributed by atoms with Gasteiger partial charge in [0, 0.05) is 25.0 Å². The van der Waals surface area contributed by atoms with Crippen molar-refractivity contribution in [3.63, 3.8) is 0 Å². The fourth-order valence-corrected chi connectivity index (χ4v) is 0.954. The first kappa shape index (κ1) is 9.73. The highest BCUT2D eigenvalue weighted by atomic mass is 16.1. The van der Waals surface area contributed by atoms with Crippen LogP contribution in [0.4, 0.5) is 0 Å². The molecule has 0 aliphatic carbocycles. The number of hydrogen-bond donors (Lipinski definition) is 3. The largest absolute Gasteiger partial charge is 0.355 e. The van der Waals surface area contributed by atoms with Crippen molar-refractivity contribution in [2.24, 2.45) is 0 Å². The summed E-state index contributed by atoms with van der Waals surface area (Å²) in [7, 11) is 0. The van der Waals surface area contributed by atoms with Gasteiger partial charge in [-0.3, -0.25) is 9.89 Å². The molecule has 1 aromatic rings. The van der Waals surface area contributed by atoms with Gasteiger partial charge in [0.1, 0.15) is 0 Å². The monoisotopic (exact) mass is 182 g/mol. The average Bonchev–Trinajstić information content (AvgIpc) is 2.57. The lowest BCUT2D eigenvalue weighted by atomic mass is 10.4. The zero-order chi connectivity index (χ0) is 9.52. The number of nitrogens with one attached hydrogen (secondary N) is 3. The molecule has 0 saturated carbocycles. The zero-order valence-corrected chi connectivity index (χ0v) is 7.63. The Kier molecular flexibility index (Phi) is 3.98. The lowest BCUT2D eigenvalue weighted by Gasteiger charge is -2.02. The Bertz CT molecular complexity index is 245. The Labute approximate surface area is 76.9 Å². The van der Waals surface area contributed by atoms with Gasteiger partial charge in [-0.25, -0.2) is 0 Å². The third-order valence-corrected chi connectivity index (χ3v) is 1.53. The molecule has 0 fully saturated rings. The number of rotatable bonds is 5. The number of hydrogen-bond acceptors (Lipinski definition) is 3. The van der Waals surface area contributed by atoms with Crippen molar-refractivity contribution >= 4 is 5.91 Å². The summed E-state index contributed by atoms with van der Waals surface area (Å²) in [5, 5.41) is 12.3. The molecule has 0 aliphatic heterocycles. The second-order valence-corrected chi connectivity index (χ2v) is 2.64. The summed E-state index contributed by atoms with van der Waals surface area (Å²) in [6.45, 7) is 3.54. The molecule has 72 valence electrons. The molecule has 1 heterocycles. The van der Waals surface area contributed by atoms with Crippen molar-refractivity contribution < 1.29 is 4.79 Å². The summed E-state index contributed by atoms with van der Waals surface area (Å²) >= 11 is 0. The molecule has 0 unspecified atom stereocenters. The normalized spacial score (nSPS) is 9.92. The fraction of sp³-hybridized carbons (Fsp3) is 0.500. The molecule has 0 atom stereocenters.